The van der Waals surface area contributed by atoms with E-state index in [-0.39, 0.29) is 12.5 Å². The van der Waals surface area contributed by atoms with Crippen LogP contribution in [-0.2, 0) is 16.1 Å². The minimum absolute atomic E-state index is 0.193. The zero-order valence-corrected chi connectivity index (χ0v) is 16.9. The van der Waals surface area contributed by atoms with Crippen molar-refractivity contribution in [3.05, 3.63) is 59.1 Å². The summed E-state index contributed by atoms with van der Waals surface area (Å²) in [6.07, 6.45) is -0.815. The maximum absolute atomic E-state index is 12.6. The molecule has 2 aromatic carbocycles. The van der Waals surface area contributed by atoms with Gasteiger partial charge in [-0.2, -0.15) is 0 Å². The Labute approximate surface area is 170 Å². The van der Waals surface area contributed by atoms with Crippen LogP contribution in [0.1, 0.15) is 19.4 Å². The van der Waals surface area contributed by atoms with E-state index in [1.807, 2.05) is 19.9 Å². The predicted molar refractivity (Wildman–Crippen MR) is 109 cm³/mol. The van der Waals surface area contributed by atoms with Gasteiger partial charge in [0.05, 0.1) is 18.8 Å². The van der Waals surface area contributed by atoms with Gasteiger partial charge in [0.2, 0.25) is 6.41 Å². The fourth-order valence-corrected chi connectivity index (χ4v) is 3.28. The van der Waals surface area contributed by atoms with Gasteiger partial charge in [-0.25, -0.2) is 0 Å². The number of carbonyl (C=O) groups is 2. The molecule has 0 saturated heterocycles. The molecule has 6 nitrogen and oxygen atoms in total. The number of ether oxygens (including phenoxy) is 1. The molecule has 7 heteroatoms. The number of carbonyl (C=O) groups excluding carboxylic acids is 2. The number of halogens is 1. The van der Waals surface area contributed by atoms with Gasteiger partial charge in [-0.1, -0.05) is 49.7 Å². The molecule has 2 atom stereocenters. The summed E-state index contributed by atoms with van der Waals surface area (Å²) in [6.45, 7) is 3.89. The molecule has 0 aliphatic heterocycles. The van der Waals surface area contributed by atoms with E-state index in [2.05, 4.69) is 5.32 Å². The molecule has 2 N–H and O–H groups in total. The summed E-state index contributed by atoms with van der Waals surface area (Å²) in [5.41, 5.74) is 1.30. The monoisotopic (exact) mass is 404 g/mol. The molecule has 0 aliphatic carbocycles. The summed E-state index contributed by atoms with van der Waals surface area (Å²) in [4.78, 5) is 25.8. The SMILES string of the molecule is COc1ccccc1N(C=O)C(C(C)C)C(O)C(=O)NCc1cccc(Cl)c1. The van der Waals surface area contributed by atoms with Crippen LogP contribution in [0.2, 0.25) is 5.02 Å². The van der Waals surface area contributed by atoms with Crippen LogP contribution in [0.4, 0.5) is 5.69 Å². The highest BCUT2D eigenvalue weighted by Gasteiger charge is 2.35. The van der Waals surface area contributed by atoms with Crippen LogP contribution in [0.25, 0.3) is 0 Å². The minimum atomic E-state index is -1.42. The Morgan fingerprint density at radius 1 is 1.25 bits per heavy atom. The van der Waals surface area contributed by atoms with E-state index in [9.17, 15) is 14.7 Å². The zero-order valence-electron chi connectivity index (χ0n) is 16.1. The number of amides is 2. The van der Waals surface area contributed by atoms with Gasteiger partial charge < -0.3 is 20.1 Å². The molecule has 28 heavy (non-hydrogen) atoms. The van der Waals surface area contributed by atoms with Gasteiger partial charge in [-0.15, -0.1) is 0 Å². The molecule has 0 bridgehead atoms. The molecular weight excluding hydrogens is 380 g/mol. The van der Waals surface area contributed by atoms with E-state index in [1.165, 1.54) is 12.0 Å². The Balaban J connectivity index is 2.20. The summed E-state index contributed by atoms with van der Waals surface area (Å²) in [5, 5.41) is 14.0. The Hall–Kier alpha value is -2.57. The third kappa shape index (κ3) is 5.24. The van der Waals surface area contributed by atoms with Gasteiger partial charge in [0.1, 0.15) is 5.75 Å². The van der Waals surface area contributed by atoms with Crippen molar-refractivity contribution >= 4 is 29.6 Å². The van der Waals surface area contributed by atoms with Crippen LogP contribution in [0.15, 0.2) is 48.5 Å². The number of rotatable bonds is 9. The van der Waals surface area contributed by atoms with Crippen molar-refractivity contribution in [1.29, 1.82) is 0 Å². The topological polar surface area (TPSA) is 78.9 Å². The van der Waals surface area contributed by atoms with E-state index in [1.54, 1.807) is 42.5 Å². The first-order valence-electron chi connectivity index (χ1n) is 8.96. The van der Waals surface area contributed by atoms with Crippen LogP contribution >= 0.6 is 11.6 Å². The largest absolute Gasteiger partial charge is 0.495 e. The first-order chi connectivity index (χ1) is 13.4. The third-order valence-electron chi connectivity index (χ3n) is 4.43. The summed E-state index contributed by atoms with van der Waals surface area (Å²) in [7, 11) is 1.50. The molecule has 0 heterocycles. The standard InChI is InChI=1S/C21H25ClN2O4/c1-14(2)19(24(13-25)17-9-4-5-10-18(17)28-3)20(26)21(27)23-12-15-7-6-8-16(22)11-15/h4-11,13-14,19-20,26H,12H2,1-3H3,(H,23,27). The molecular formula is C21H25ClN2O4. The minimum Gasteiger partial charge on any atom is -0.495 e. The maximum Gasteiger partial charge on any atom is 0.251 e. The Bertz CT molecular complexity index is 812. The quantitative estimate of drug-likeness (QED) is 0.630. The van der Waals surface area contributed by atoms with Gasteiger partial charge in [-0.05, 0) is 35.7 Å². The van der Waals surface area contributed by atoms with Gasteiger partial charge in [0.15, 0.2) is 6.10 Å². The Morgan fingerprint density at radius 2 is 1.96 bits per heavy atom. The van der Waals surface area contributed by atoms with Crippen LogP contribution in [0.3, 0.4) is 0 Å². The highest BCUT2D eigenvalue weighted by molar-refractivity contribution is 6.30. The van der Waals surface area contributed by atoms with Crippen molar-refractivity contribution in [1.82, 2.24) is 5.32 Å². The molecule has 0 radical (unpaired) electrons. The lowest BCUT2D eigenvalue weighted by molar-refractivity contribution is -0.131. The summed E-state index contributed by atoms with van der Waals surface area (Å²) < 4.78 is 5.32. The number of aliphatic hydroxyl groups is 1. The highest BCUT2D eigenvalue weighted by atomic mass is 35.5. The van der Waals surface area contributed by atoms with E-state index in [0.717, 1.165) is 5.56 Å². The number of anilines is 1. The fourth-order valence-electron chi connectivity index (χ4n) is 3.06. The van der Waals surface area contributed by atoms with Crippen molar-refractivity contribution in [2.24, 2.45) is 5.92 Å². The van der Waals surface area contributed by atoms with E-state index in [0.29, 0.717) is 22.9 Å². The molecule has 0 aromatic heterocycles. The summed E-state index contributed by atoms with van der Waals surface area (Å²) in [6, 6.07) is 13.3. The maximum atomic E-state index is 12.6. The lowest BCUT2D eigenvalue weighted by atomic mass is 9.95. The lowest BCUT2D eigenvalue weighted by Gasteiger charge is -2.35. The van der Waals surface area contributed by atoms with E-state index in [4.69, 9.17) is 16.3 Å². The average Bonchev–Trinajstić information content (AvgIpc) is 2.69. The highest BCUT2D eigenvalue weighted by Crippen LogP contribution is 2.31. The number of hydrogen-bond acceptors (Lipinski definition) is 4. The number of aliphatic hydroxyl groups excluding tert-OH is 1. The normalized spacial score (nSPS) is 12.9. The average molecular weight is 405 g/mol. The Kier molecular flexibility index (Phi) is 7.84. The number of nitrogens with one attached hydrogen (secondary N) is 1. The lowest BCUT2D eigenvalue weighted by Crippen LogP contribution is -2.53. The van der Waals surface area contributed by atoms with Crippen LogP contribution in [-0.4, -0.2) is 36.7 Å². The van der Waals surface area contributed by atoms with Gasteiger partial charge in [0.25, 0.3) is 5.91 Å². The molecule has 0 spiro atoms. The van der Waals surface area contributed by atoms with Crippen molar-refractivity contribution in [3.8, 4) is 5.75 Å². The molecule has 2 rings (SSSR count). The second-order valence-electron chi connectivity index (χ2n) is 6.71. The van der Waals surface area contributed by atoms with Gasteiger partial charge in [0, 0.05) is 11.6 Å². The van der Waals surface area contributed by atoms with Crippen molar-refractivity contribution < 1.29 is 19.4 Å². The van der Waals surface area contributed by atoms with Crippen LogP contribution < -0.4 is 15.0 Å². The van der Waals surface area contributed by atoms with Gasteiger partial charge in [-0.3, -0.25) is 9.59 Å². The second-order valence-corrected chi connectivity index (χ2v) is 7.15. The smallest absolute Gasteiger partial charge is 0.251 e. The number of hydrogen-bond donors (Lipinski definition) is 2. The molecule has 150 valence electrons. The van der Waals surface area contributed by atoms with Crippen LogP contribution in [0, 0.1) is 5.92 Å². The molecule has 0 aliphatic rings. The second kappa shape index (κ2) is 10.1. The fraction of sp³-hybridized carbons (Fsp3) is 0.333. The zero-order chi connectivity index (χ0) is 20.7. The molecule has 2 aromatic rings. The summed E-state index contributed by atoms with van der Waals surface area (Å²) in [5.74, 6) is -0.283. The van der Waals surface area contributed by atoms with E-state index < -0.39 is 18.1 Å². The Morgan fingerprint density at radius 3 is 2.57 bits per heavy atom. The number of para-hydroxylation sites is 2. The van der Waals surface area contributed by atoms with Crippen molar-refractivity contribution in [2.45, 2.75) is 32.5 Å². The third-order valence-corrected chi connectivity index (χ3v) is 4.66. The first kappa shape index (κ1) is 21.7. The molecule has 0 fully saturated rings. The van der Waals surface area contributed by atoms with Crippen molar-refractivity contribution in [2.75, 3.05) is 12.0 Å². The summed E-state index contributed by atoms with van der Waals surface area (Å²) >= 11 is 5.95. The van der Waals surface area contributed by atoms with Crippen LogP contribution in [0.5, 0.6) is 5.75 Å². The van der Waals surface area contributed by atoms with Gasteiger partial charge >= 0.3 is 0 Å². The predicted octanol–water partition coefficient (Wildman–Crippen LogP) is 3.01. The molecule has 0 saturated carbocycles. The first-order valence-corrected chi connectivity index (χ1v) is 9.33. The van der Waals surface area contributed by atoms with E-state index >= 15 is 0 Å². The number of methoxy groups -OCH3 is 1. The number of benzene rings is 2. The number of nitrogens with zero attached hydrogens (tertiary/aromatic N) is 1. The molecule has 2 amide bonds. The van der Waals surface area contributed by atoms with Crippen molar-refractivity contribution in [3.63, 3.8) is 0 Å². The molecule has 2 unspecified atom stereocenters.